The predicted octanol–water partition coefficient (Wildman–Crippen LogP) is 3.01. The first-order chi connectivity index (χ1) is 8.08. The number of hydrogen-bond acceptors (Lipinski definition) is 3. The monoisotopic (exact) mass is 302 g/mol. The lowest BCUT2D eigenvalue weighted by Crippen LogP contribution is -2.26. The molecule has 1 aromatic carbocycles. The quantitative estimate of drug-likeness (QED) is 0.844. The second-order valence-electron chi connectivity index (χ2n) is 4.41. The van der Waals surface area contributed by atoms with Gasteiger partial charge < -0.3 is 15.8 Å². The van der Waals surface area contributed by atoms with Gasteiger partial charge in [0.25, 0.3) is 0 Å². The number of nitrogen functional groups attached to an aromatic ring is 1. The van der Waals surface area contributed by atoms with E-state index in [1.807, 2.05) is 0 Å². The van der Waals surface area contributed by atoms with Gasteiger partial charge in [-0.25, -0.2) is 4.39 Å². The van der Waals surface area contributed by atoms with Crippen molar-refractivity contribution in [3.8, 4) is 0 Å². The van der Waals surface area contributed by atoms with Crippen LogP contribution in [0.25, 0.3) is 0 Å². The molecule has 0 saturated carbocycles. The van der Waals surface area contributed by atoms with Crippen LogP contribution >= 0.6 is 15.9 Å². The maximum atomic E-state index is 13.4. The van der Waals surface area contributed by atoms with Gasteiger partial charge in [-0.3, -0.25) is 0 Å². The third-order valence-corrected chi connectivity index (χ3v) is 3.76. The molecule has 1 aliphatic heterocycles. The number of rotatable bonds is 3. The number of hydrogen-bond donors (Lipinski definition) is 2. The molecule has 0 bridgehead atoms. The van der Waals surface area contributed by atoms with Crippen LogP contribution in [-0.2, 0) is 4.74 Å². The van der Waals surface area contributed by atoms with E-state index in [0.29, 0.717) is 21.8 Å². The Hall–Kier alpha value is -0.810. The summed E-state index contributed by atoms with van der Waals surface area (Å²) in [5.74, 6) is 0.151. The third-order valence-electron chi connectivity index (χ3n) is 3.15. The number of benzene rings is 1. The van der Waals surface area contributed by atoms with E-state index in [0.717, 1.165) is 19.6 Å². The Balaban J connectivity index is 2.09. The Kier molecular flexibility index (Phi) is 3.89. The number of halogens is 2. The second-order valence-corrected chi connectivity index (χ2v) is 5.26. The van der Waals surface area contributed by atoms with Gasteiger partial charge in [0.2, 0.25) is 0 Å². The van der Waals surface area contributed by atoms with E-state index in [4.69, 9.17) is 10.5 Å². The van der Waals surface area contributed by atoms with E-state index < -0.39 is 0 Å². The zero-order valence-electron chi connectivity index (χ0n) is 9.67. The highest BCUT2D eigenvalue weighted by Gasteiger charge is 2.22. The Morgan fingerprint density at radius 1 is 1.59 bits per heavy atom. The summed E-state index contributed by atoms with van der Waals surface area (Å²) >= 11 is 3.11. The van der Waals surface area contributed by atoms with Gasteiger partial charge in [-0.1, -0.05) is 0 Å². The summed E-state index contributed by atoms with van der Waals surface area (Å²) in [6.45, 7) is 3.63. The van der Waals surface area contributed by atoms with Gasteiger partial charge in [0.15, 0.2) is 0 Å². The second kappa shape index (κ2) is 5.23. The first-order valence-corrected chi connectivity index (χ1v) is 6.46. The molecule has 3 N–H and O–H groups in total. The molecule has 0 spiro atoms. The lowest BCUT2D eigenvalue weighted by atomic mass is 10.0. The minimum absolute atomic E-state index is 0.223. The van der Waals surface area contributed by atoms with Crippen molar-refractivity contribution in [2.24, 2.45) is 5.92 Å². The summed E-state index contributed by atoms with van der Waals surface area (Å²) in [6, 6.07) is 3.22. The molecule has 1 fully saturated rings. The van der Waals surface area contributed by atoms with Crippen LogP contribution in [0.5, 0.6) is 0 Å². The fourth-order valence-electron chi connectivity index (χ4n) is 2.00. The molecule has 94 valence electrons. The highest BCUT2D eigenvalue weighted by Crippen LogP contribution is 2.28. The van der Waals surface area contributed by atoms with Gasteiger partial charge in [-0.05, 0) is 35.3 Å². The summed E-state index contributed by atoms with van der Waals surface area (Å²) in [4.78, 5) is 0. The molecular formula is C12H16BrFN2O. The molecule has 1 aliphatic rings. The highest BCUT2D eigenvalue weighted by molar-refractivity contribution is 9.10. The smallest absolute Gasteiger partial charge is 0.139 e. The minimum atomic E-state index is -0.309. The third kappa shape index (κ3) is 2.90. The molecule has 17 heavy (non-hydrogen) atoms. The van der Waals surface area contributed by atoms with Crippen molar-refractivity contribution in [3.05, 3.63) is 22.4 Å². The van der Waals surface area contributed by atoms with Gasteiger partial charge in [-0.2, -0.15) is 0 Å². The fraction of sp³-hybridized carbons (Fsp3) is 0.500. The standard InChI is InChI=1S/C12H16BrFN2O/c1-7(8-2-3-17-6-8)16-12-5-10(14)9(13)4-11(12)15/h4-5,7-8,16H,2-3,6,15H2,1H3. The molecule has 0 aliphatic carbocycles. The van der Waals surface area contributed by atoms with Crippen molar-refractivity contribution >= 4 is 27.3 Å². The van der Waals surface area contributed by atoms with Gasteiger partial charge in [0.05, 0.1) is 22.5 Å². The summed E-state index contributed by atoms with van der Waals surface area (Å²) < 4.78 is 19.1. The molecule has 3 nitrogen and oxygen atoms in total. The molecule has 2 atom stereocenters. The molecule has 5 heteroatoms. The van der Waals surface area contributed by atoms with Gasteiger partial charge >= 0.3 is 0 Å². The lowest BCUT2D eigenvalue weighted by molar-refractivity contribution is 0.183. The Morgan fingerprint density at radius 2 is 2.35 bits per heavy atom. The molecule has 1 aromatic rings. The Morgan fingerprint density at radius 3 is 3.00 bits per heavy atom. The fourth-order valence-corrected chi connectivity index (χ4v) is 2.36. The average Bonchev–Trinajstić information content (AvgIpc) is 2.79. The van der Waals surface area contributed by atoms with E-state index >= 15 is 0 Å². The van der Waals surface area contributed by atoms with Crippen LogP contribution < -0.4 is 11.1 Å². The maximum absolute atomic E-state index is 13.4. The number of nitrogens with one attached hydrogen (secondary N) is 1. The average molecular weight is 303 g/mol. The van der Waals surface area contributed by atoms with E-state index in [-0.39, 0.29) is 11.9 Å². The van der Waals surface area contributed by atoms with Crippen molar-refractivity contribution < 1.29 is 9.13 Å². The van der Waals surface area contributed by atoms with Gasteiger partial charge in [0.1, 0.15) is 5.82 Å². The highest BCUT2D eigenvalue weighted by atomic mass is 79.9. The molecule has 2 unspecified atom stereocenters. The van der Waals surface area contributed by atoms with E-state index in [2.05, 4.69) is 28.2 Å². The van der Waals surface area contributed by atoms with Crippen LogP contribution in [0.2, 0.25) is 0 Å². The largest absolute Gasteiger partial charge is 0.397 e. The summed E-state index contributed by atoms with van der Waals surface area (Å²) in [7, 11) is 0. The number of nitrogens with two attached hydrogens (primary N) is 1. The zero-order chi connectivity index (χ0) is 12.4. The molecule has 2 rings (SSSR count). The van der Waals surface area contributed by atoms with Crippen LogP contribution in [0.15, 0.2) is 16.6 Å². The summed E-state index contributed by atoms with van der Waals surface area (Å²) in [5, 5.41) is 3.25. The summed E-state index contributed by atoms with van der Waals surface area (Å²) in [6.07, 6.45) is 1.03. The SMILES string of the molecule is CC(Nc1cc(F)c(Br)cc1N)C1CCOC1. The first-order valence-electron chi connectivity index (χ1n) is 5.66. The number of anilines is 2. The van der Waals surface area contributed by atoms with Gasteiger partial charge in [0, 0.05) is 24.6 Å². The Labute approximate surface area is 109 Å². The van der Waals surface area contributed by atoms with E-state index in [1.54, 1.807) is 6.07 Å². The van der Waals surface area contributed by atoms with Crippen LogP contribution in [0.3, 0.4) is 0 Å². The lowest BCUT2D eigenvalue weighted by Gasteiger charge is -2.21. The summed E-state index contributed by atoms with van der Waals surface area (Å²) in [5.41, 5.74) is 7.04. The Bertz CT molecular complexity index is 408. The van der Waals surface area contributed by atoms with Crippen molar-refractivity contribution in [2.75, 3.05) is 24.3 Å². The van der Waals surface area contributed by atoms with Crippen LogP contribution in [0.4, 0.5) is 15.8 Å². The van der Waals surface area contributed by atoms with Crippen molar-refractivity contribution in [2.45, 2.75) is 19.4 Å². The van der Waals surface area contributed by atoms with Crippen LogP contribution in [-0.4, -0.2) is 19.3 Å². The normalized spacial score (nSPS) is 21.5. The topological polar surface area (TPSA) is 47.3 Å². The van der Waals surface area contributed by atoms with Crippen molar-refractivity contribution in [1.82, 2.24) is 0 Å². The van der Waals surface area contributed by atoms with Crippen molar-refractivity contribution in [3.63, 3.8) is 0 Å². The maximum Gasteiger partial charge on any atom is 0.139 e. The van der Waals surface area contributed by atoms with Crippen molar-refractivity contribution in [1.29, 1.82) is 0 Å². The molecule has 1 saturated heterocycles. The molecule has 1 heterocycles. The molecular weight excluding hydrogens is 287 g/mol. The van der Waals surface area contributed by atoms with Gasteiger partial charge in [-0.15, -0.1) is 0 Å². The molecule has 0 radical (unpaired) electrons. The zero-order valence-corrected chi connectivity index (χ0v) is 11.3. The first kappa shape index (κ1) is 12.6. The number of ether oxygens (including phenoxy) is 1. The predicted molar refractivity (Wildman–Crippen MR) is 70.5 cm³/mol. The van der Waals surface area contributed by atoms with E-state index in [9.17, 15) is 4.39 Å². The minimum Gasteiger partial charge on any atom is -0.397 e. The van der Waals surface area contributed by atoms with Crippen LogP contribution in [0.1, 0.15) is 13.3 Å². The molecule has 0 amide bonds. The molecule has 0 aromatic heterocycles. The van der Waals surface area contributed by atoms with Crippen LogP contribution in [0, 0.1) is 11.7 Å². The van der Waals surface area contributed by atoms with E-state index in [1.165, 1.54) is 6.07 Å².